The summed E-state index contributed by atoms with van der Waals surface area (Å²) < 4.78 is 27.6. The van der Waals surface area contributed by atoms with Gasteiger partial charge in [0.15, 0.2) is 11.7 Å². The summed E-state index contributed by atoms with van der Waals surface area (Å²) in [6.07, 6.45) is 0.953. The van der Waals surface area contributed by atoms with Crippen molar-refractivity contribution in [3.63, 3.8) is 0 Å². The Bertz CT molecular complexity index is 1040. The first-order valence-electron chi connectivity index (χ1n) is 6.58. The van der Waals surface area contributed by atoms with Gasteiger partial charge in [0.05, 0.1) is 20.5 Å². The van der Waals surface area contributed by atoms with Gasteiger partial charge < -0.3 is 4.74 Å². The zero-order chi connectivity index (χ0) is 20.4. The number of amides is 1. The smallest absolute Gasteiger partial charge is 0.345 e. The number of nitrogens with zero attached hydrogens (tertiary/aromatic N) is 2. The first-order valence-corrected chi connectivity index (χ1v) is 9.70. The minimum absolute atomic E-state index is 0.0659. The number of aromatic nitrogens is 1. The Kier molecular flexibility index (Phi) is 6.33. The third kappa shape index (κ3) is 5.33. The van der Waals surface area contributed by atoms with Crippen molar-refractivity contribution in [1.29, 1.82) is 0 Å². The van der Waals surface area contributed by atoms with Gasteiger partial charge in [0.25, 0.3) is 5.91 Å². The fourth-order valence-corrected chi connectivity index (χ4v) is 3.72. The van der Waals surface area contributed by atoms with Crippen LogP contribution in [0.2, 0.25) is 10.0 Å². The predicted molar refractivity (Wildman–Crippen MR) is 95.5 cm³/mol. The molecular weight excluding hydrogens is 447 g/mol. The molecule has 27 heavy (non-hydrogen) atoms. The molecule has 1 amide bonds. The Balaban J connectivity index is 2.06. The highest BCUT2D eigenvalue weighted by Crippen LogP contribution is 2.28. The summed E-state index contributed by atoms with van der Waals surface area (Å²) in [6, 6.07) is 1.82. The summed E-state index contributed by atoms with van der Waals surface area (Å²) in [5.74, 6) is -1.94. The molecule has 3 N–H and O–H groups in total. The molecule has 11 nitrogen and oxygen atoms in total. The van der Waals surface area contributed by atoms with Gasteiger partial charge in [-0.1, -0.05) is 23.2 Å². The molecule has 0 saturated heterocycles. The normalized spacial score (nSPS) is 11.1. The summed E-state index contributed by atoms with van der Waals surface area (Å²) in [7, 11) is -4.22. The number of ether oxygens (including phenoxy) is 1. The summed E-state index contributed by atoms with van der Waals surface area (Å²) in [5, 5.41) is 16.9. The van der Waals surface area contributed by atoms with E-state index in [-0.39, 0.29) is 25.7 Å². The maximum atomic E-state index is 12.0. The number of halogens is 2. The van der Waals surface area contributed by atoms with Crippen molar-refractivity contribution in [2.24, 2.45) is 5.14 Å². The third-order valence-electron chi connectivity index (χ3n) is 2.80. The van der Waals surface area contributed by atoms with Crippen LogP contribution in [0.5, 0.6) is 0 Å². The molecular formula is C12H8Cl2N4O7S2. The fraction of sp³-hybridized carbons (Fsp3) is 0.0833. The molecule has 0 radical (unpaired) electrons. The fourth-order valence-electron chi connectivity index (χ4n) is 1.68. The Labute approximate surface area is 165 Å². The van der Waals surface area contributed by atoms with Crippen molar-refractivity contribution in [1.82, 2.24) is 4.98 Å². The molecule has 0 bridgehead atoms. The second kappa shape index (κ2) is 8.14. The number of anilines is 1. The molecule has 2 aromatic rings. The molecule has 1 heterocycles. The number of carbonyl (C=O) groups is 2. The number of rotatable bonds is 6. The minimum atomic E-state index is -4.22. The van der Waals surface area contributed by atoms with Gasteiger partial charge in [-0.3, -0.25) is 20.2 Å². The van der Waals surface area contributed by atoms with Crippen molar-refractivity contribution >= 4 is 66.6 Å². The van der Waals surface area contributed by atoms with E-state index in [4.69, 9.17) is 33.1 Å². The molecule has 0 fully saturated rings. The van der Waals surface area contributed by atoms with Crippen molar-refractivity contribution in [2.75, 3.05) is 11.9 Å². The van der Waals surface area contributed by atoms with Crippen LogP contribution in [0.15, 0.2) is 23.2 Å². The highest BCUT2D eigenvalue weighted by atomic mass is 35.5. The van der Waals surface area contributed by atoms with E-state index in [1.165, 1.54) is 0 Å². The molecule has 2 rings (SSSR count). The highest BCUT2D eigenvalue weighted by Gasteiger charge is 2.21. The molecule has 0 aliphatic carbocycles. The largest absolute Gasteiger partial charge is 0.452 e. The number of hydrogen-bond donors (Lipinski definition) is 2. The van der Waals surface area contributed by atoms with Gasteiger partial charge in [0, 0.05) is 0 Å². The first kappa shape index (κ1) is 21.0. The van der Waals surface area contributed by atoms with Crippen LogP contribution >= 0.6 is 34.5 Å². The maximum absolute atomic E-state index is 12.0. The minimum Gasteiger partial charge on any atom is -0.452 e. The van der Waals surface area contributed by atoms with Crippen LogP contribution in [0.4, 0.5) is 10.1 Å². The van der Waals surface area contributed by atoms with Crippen LogP contribution in [0, 0.1) is 10.1 Å². The lowest BCUT2D eigenvalue weighted by Crippen LogP contribution is -2.21. The van der Waals surface area contributed by atoms with Crippen LogP contribution in [0.25, 0.3) is 0 Å². The molecule has 1 aromatic carbocycles. The summed E-state index contributed by atoms with van der Waals surface area (Å²) in [4.78, 5) is 36.7. The maximum Gasteiger partial charge on any atom is 0.345 e. The number of esters is 1. The van der Waals surface area contributed by atoms with E-state index in [1.54, 1.807) is 0 Å². The van der Waals surface area contributed by atoms with Crippen LogP contribution in [0.3, 0.4) is 0 Å². The van der Waals surface area contributed by atoms with E-state index < -0.39 is 38.3 Å². The van der Waals surface area contributed by atoms with Gasteiger partial charge in [0.1, 0.15) is 11.1 Å². The monoisotopic (exact) mass is 454 g/mol. The van der Waals surface area contributed by atoms with E-state index in [2.05, 4.69) is 10.3 Å². The molecule has 0 unspecified atom stereocenters. The summed E-state index contributed by atoms with van der Waals surface area (Å²) in [5.41, 5.74) is -0.372. The molecule has 15 heteroatoms. The van der Waals surface area contributed by atoms with Crippen molar-refractivity contribution < 1.29 is 27.7 Å². The van der Waals surface area contributed by atoms with Gasteiger partial charge in [-0.05, 0) is 23.5 Å². The van der Waals surface area contributed by atoms with E-state index in [0.717, 1.165) is 18.3 Å². The number of carbonyl (C=O) groups excluding carboxylic acids is 2. The number of primary sulfonamides is 1. The molecule has 0 spiro atoms. The molecule has 0 aliphatic heterocycles. The van der Waals surface area contributed by atoms with Crippen LogP contribution < -0.4 is 10.5 Å². The molecule has 0 saturated carbocycles. The third-order valence-corrected chi connectivity index (χ3v) is 5.35. The number of sulfonamides is 1. The standard InChI is InChI=1S/C12H8Cl2N4O7S2/c13-6-2-7(14)8(27(15,23)24)1-5(6)11(20)25-4-9(19)17-12-16-3-10(26-12)18(21)22/h1-3H,4H2,(H2,15,23,24)(H,16,17,19). The number of nitro groups is 1. The zero-order valence-electron chi connectivity index (χ0n) is 12.8. The number of hydrogen-bond acceptors (Lipinski definition) is 9. The number of benzene rings is 1. The quantitative estimate of drug-likeness (QED) is 0.377. The second-order valence-electron chi connectivity index (χ2n) is 4.69. The zero-order valence-corrected chi connectivity index (χ0v) is 16.0. The Morgan fingerprint density at radius 1 is 1.33 bits per heavy atom. The topological polar surface area (TPSA) is 172 Å². The van der Waals surface area contributed by atoms with Crippen molar-refractivity contribution in [2.45, 2.75) is 4.90 Å². The Morgan fingerprint density at radius 2 is 2.00 bits per heavy atom. The van der Waals surface area contributed by atoms with Crippen LogP contribution in [-0.2, 0) is 19.6 Å². The van der Waals surface area contributed by atoms with Gasteiger partial charge in [-0.25, -0.2) is 23.3 Å². The van der Waals surface area contributed by atoms with Crippen molar-refractivity contribution in [3.8, 4) is 0 Å². The lowest BCUT2D eigenvalue weighted by molar-refractivity contribution is -0.380. The highest BCUT2D eigenvalue weighted by molar-refractivity contribution is 7.89. The molecule has 0 aliphatic rings. The molecule has 144 valence electrons. The van der Waals surface area contributed by atoms with Gasteiger partial charge in [-0.15, -0.1) is 0 Å². The predicted octanol–water partition coefficient (Wildman–Crippen LogP) is 1.80. The van der Waals surface area contributed by atoms with E-state index in [0.29, 0.717) is 11.3 Å². The summed E-state index contributed by atoms with van der Waals surface area (Å²) in [6.45, 7) is -0.782. The van der Waals surface area contributed by atoms with Crippen LogP contribution in [-0.4, -0.2) is 36.8 Å². The SMILES string of the molecule is NS(=O)(=O)c1cc(C(=O)OCC(=O)Nc2ncc([N+](=O)[O-])s2)c(Cl)cc1Cl. The lowest BCUT2D eigenvalue weighted by atomic mass is 10.2. The molecule has 1 aromatic heterocycles. The van der Waals surface area contributed by atoms with Gasteiger partial charge in [-0.2, -0.15) is 0 Å². The Morgan fingerprint density at radius 3 is 2.56 bits per heavy atom. The average molecular weight is 455 g/mol. The number of thiazole rings is 1. The Hall–Kier alpha value is -2.32. The number of nitrogens with one attached hydrogen (secondary N) is 1. The average Bonchev–Trinajstić information content (AvgIpc) is 3.00. The first-order chi connectivity index (χ1) is 12.5. The van der Waals surface area contributed by atoms with Gasteiger partial charge in [0.2, 0.25) is 10.0 Å². The summed E-state index contributed by atoms with van der Waals surface area (Å²) >= 11 is 12.2. The van der Waals surface area contributed by atoms with Crippen molar-refractivity contribution in [3.05, 3.63) is 44.1 Å². The number of nitrogens with two attached hydrogens (primary N) is 1. The van der Waals surface area contributed by atoms with E-state index in [9.17, 15) is 28.1 Å². The van der Waals surface area contributed by atoms with E-state index in [1.807, 2.05) is 0 Å². The molecule has 0 atom stereocenters. The lowest BCUT2D eigenvalue weighted by Gasteiger charge is -2.09. The van der Waals surface area contributed by atoms with Gasteiger partial charge >= 0.3 is 11.0 Å². The van der Waals surface area contributed by atoms with Crippen LogP contribution in [0.1, 0.15) is 10.4 Å². The second-order valence-corrected chi connectivity index (χ2v) is 8.05. The van der Waals surface area contributed by atoms with E-state index >= 15 is 0 Å².